The lowest BCUT2D eigenvalue weighted by atomic mass is 9.61. The van der Waals surface area contributed by atoms with Gasteiger partial charge in [0.15, 0.2) is 5.78 Å². The van der Waals surface area contributed by atoms with Gasteiger partial charge < -0.3 is 14.2 Å². The fraction of sp³-hybridized carbons (Fsp3) is 0.516. The molecule has 1 fully saturated rings. The minimum atomic E-state index is -4.24. The summed E-state index contributed by atoms with van der Waals surface area (Å²) in [5.74, 6) is -0.280. The normalized spacial score (nSPS) is 19.7. The Morgan fingerprint density at radius 3 is 2.66 bits per heavy atom. The van der Waals surface area contributed by atoms with E-state index in [2.05, 4.69) is 0 Å². The van der Waals surface area contributed by atoms with E-state index >= 15 is 0 Å². The smallest absolute Gasteiger partial charge is 0.409 e. The number of nitrogens with zero attached hydrogens (tertiary/aromatic N) is 3. The third-order valence-electron chi connectivity index (χ3n) is 8.86. The summed E-state index contributed by atoms with van der Waals surface area (Å²) in [6.07, 6.45) is -1.46. The first-order chi connectivity index (χ1) is 19.6. The van der Waals surface area contributed by atoms with Crippen molar-refractivity contribution in [3.8, 4) is 0 Å². The van der Waals surface area contributed by atoms with E-state index in [1.54, 1.807) is 13.0 Å². The van der Waals surface area contributed by atoms with Gasteiger partial charge >= 0.3 is 12.3 Å². The van der Waals surface area contributed by atoms with Crippen LogP contribution in [0.3, 0.4) is 0 Å². The first-order valence-corrected chi connectivity index (χ1v) is 14.4. The van der Waals surface area contributed by atoms with Crippen molar-refractivity contribution < 1.29 is 31.9 Å². The van der Waals surface area contributed by atoms with Crippen molar-refractivity contribution in [1.82, 2.24) is 14.5 Å². The third kappa shape index (κ3) is 5.21. The molecule has 0 N–H and O–H groups in total. The molecule has 6 nitrogen and oxygen atoms in total. The van der Waals surface area contributed by atoms with Crippen molar-refractivity contribution in [2.45, 2.75) is 76.9 Å². The van der Waals surface area contributed by atoms with E-state index in [-0.39, 0.29) is 50.7 Å². The van der Waals surface area contributed by atoms with Crippen molar-refractivity contribution >= 4 is 22.6 Å². The molecule has 6 rings (SSSR count). The van der Waals surface area contributed by atoms with Gasteiger partial charge in [-0.05, 0) is 79.5 Å². The standard InChI is InChI=1S/C31H33F4N3O3/c1-2-41-29(40)37-17-30(18-37)16-21-12-20-13-22(32)9-8-19(20)14-23(21)24(28(30)39)15-27-36-25-6-3-4-7-26(25)38(27)11-5-10-31(33,34)35/h8-9,12-14,24H,2-7,10-11,15-18H2,1H3. The number of amides is 1. The fourth-order valence-electron chi connectivity index (χ4n) is 6.97. The summed E-state index contributed by atoms with van der Waals surface area (Å²) in [7, 11) is 0. The second-order valence-electron chi connectivity index (χ2n) is 11.7. The average molecular weight is 572 g/mol. The number of likely N-dealkylation sites (tertiary alicyclic amines) is 1. The molecule has 1 unspecified atom stereocenters. The van der Waals surface area contributed by atoms with E-state index in [4.69, 9.17) is 9.72 Å². The van der Waals surface area contributed by atoms with Gasteiger partial charge in [-0.1, -0.05) is 18.2 Å². The summed E-state index contributed by atoms with van der Waals surface area (Å²) in [4.78, 5) is 33.1. The molecule has 1 amide bonds. The first-order valence-electron chi connectivity index (χ1n) is 14.4. The molecule has 218 valence electrons. The van der Waals surface area contributed by atoms with E-state index in [0.29, 0.717) is 12.2 Å². The van der Waals surface area contributed by atoms with Gasteiger partial charge in [0, 0.05) is 38.2 Å². The molecule has 1 saturated heterocycles. The number of halogens is 4. The zero-order valence-corrected chi connectivity index (χ0v) is 23.0. The summed E-state index contributed by atoms with van der Waals surface area (Å²) >= 11 is 0. The van der Waals surface area contributed by atoms with Crippen LogP contribution in [-0.2, 0) is 41.8 Å². The van der Waals surface area contributed by atoms with Crippen molar-refractivity contribution in [2.75, 3.05) is 19.7 Å². The van der Waals surface area contributed by atoms with Crippen LogP contribution in [0.1, 0.15) is 66.9 Å². The Bertz CT molecular complexity index is 1510. The molecule has 41 heavy (non-hydrogen) atoms. The maximum atomic E-state index is 14.3. The molecule has 1 atom stereocenters. The summed E-state index contributed by atoms with van der Waals surface area (Å²) < 4.78 is 60.2. The highest BCUT2D eigenvalue weighted by molar-refractivity contribution is 5.98. The Hall–Kier alpha value is -3.43. The number of carbonyl (C=O) groups excluding carboxylic acids is 2. The van der Waals surface area contributed by atoms with Gasteiger partial charge in [0.05, 0.1) is 23.6 Å². The van der Waals surface area contributed by atoms with Crippen LogP contribution in [0.2, 0.25) is 0 Å². The molecule has 10 heteroatoms. The van der Waals surface area contributed by atoms with Gasteiger partial charge in [0.2, 0.25) is 0 Å². The number of imidazole rings is 1. The van der Waals surface area contributed by atoms with Crippen molar-refractivity contribution in [3.63, 3.8) is 0 Å². The Balaban J connectivity index is 1.38. The minimum Gasteiger partial charge on any atom is -0.450 e. The molecule has 1 spiro atoms. The molecule has 3 aliphatic rings. The van der Waals surface area contributed by atoms with Gasteiger partial charge in [-0.25, -0.2) is 14.2 Å². The van der Waals surface area contributed by atoms with Crippen LogP contribution in [0.5, 0.6) is 0 Å². The Labute approximate surface area is 235 Å². The number of hydrogen-bond donors (Lipinski definition) is 0. The van der Waals surface area contributed by atoms with E-state index in [0.717, 1.165) is 59.0 Å². The Morgan fingerprint density at radius 2 is 1.90 bits per heavy atom. The maximum Gasteiger partial charge on any atom is 0.409 e. The second kappa shape index (κ2) is 10.4. The van der Waals surface area contributed by atoms with Crippen LogP contribution in [0.15, 0.2) is 30.3 Å². The second-order valence-corrected chi connectivity index (χ2v) is 11.7. The van der Waals surface area contributed by atoms with Crippen molar-refractivity contribution in [2.24, 2.45) is 5.41 Å². The molecule has 0 bridgehead atoms. The number of alkyl halides is 3. The van der Waals surface area contributed by atoms with Gasteiger partial charge in [0.25, 0.3) is 0 Å². The predicted molar refractivity (Wildman–Crippen MR) is 144 cm³/mol. The molecule has 2 aromatic carbocycles. The molecule has 1 aliphatic heterocycles. The maximum absolute atomic E-state index is 14.3. The van der Waals surface area contributed by atoms with Crippen LogP contribution in [0.25, 0.3) is 10.8 Å². The molecule has 1 aromatic heterocycles. The van der Waals surface area contributed by atoms with Crippen molar-refractivity contribution in [1.29, 1.82) is 0 Å². The van der Waals surface area contributed by atoms with E-state index in [9.17, 15) is 27.2 Å². The Kier molecular flexibility index (Phi) is 7.06. The molecular formula is C31H33F4N3O3. The molecule has 0 saturated carbocycles. The number of hydrogen-bond acceptors (Lipinski definition) is 4. The van der Waals surface area contributed by atoms with Gasteiger partial charge in [0.1, 0.15) is 11.6 Å². The number of carbonyl (C=O) groups is 2. The molecular weight excluding hydrogens is 538 g/mol. The number of aromatic nitrogens is 2. The molecule has 3 aromatic rings. The lowest BCUT2D eigenvalue weighted by molar-refractivity contribution is -0.140. The molecule has 2 aliphatic carbocycles. The number of ether oxygens (including phenoxy) is 1. The SMILES string of the molecule is CCOC(=O)N1CC2(Cc3cc4cc(F)ccc4cc3C(Cc3nc4c(n3CCCC(F)(F)F)CCCC4)C2=O)C1. The lowest BCUT2D eigenvalue weighted by Gasteiger charge is -2.52. The number of ketones is 1. The lowest BCUT2D eigenvalue weighted by Crippen LogP contribution is -2.65. The minimum absolute atomic E-state index is 0.00910. The first kappa shape index (κ1) is 27.7. The quantitative estimate of drug-likeness (QED) is 0.326. The molecule has 2 heterocycles. The summed E-state index contributed by atoms with van der Waals surface area (Å²) in [5.41, 5.74) is 2.88. The van der Waals surface area contributed by atoms with Crippen LogP contribution in [0, 0.1) is 11.2 Å². The highest BCUT2D eigenvalue weighted by atomic mass is 19.4. The van der Waals surface area contributed by atoms with Gasteiger partial charge in [-0.15, -0.1) is 0 Å². The topological polar surface area (TPSA) is 64.4 Å². The van der Waals surface area contributed by atoms with Crippen LogP contribution in [-0.4, -0.2) is 52.2 Å². The average Bonchev–Trinajstić information content (AvgIpc) is 3.24. The molecule has 0 radical (unpaired) electrons. The fourth-order valence-corrected chi connectivity index (χ4v) is 6.97. The number of benzene rings is 2. The zero-order valence-electron chi connectivity index (χ0n) is 23.0. The third-order valence-corrected chi connectivity index (χ3v) is 8.86. The summed E-state index contributed by atoms with van der Waals surface area (Å²) in [5, 5.41) is 1.55. The van der Waals surface area contributed by atoms with Gasteiger partial charge in [-0.3, -0.25) is 4.79 Å². The predicted octanol–water partition coefficient (Wildman–Crippen LogP) is 6.31. The number of aryl methyl sites for hydroxylation is 1. The highest BCUT2D eigenvalue weighted by Gasteiger charge is 2.56. The number of rotatable bonds is 6. The van der Waals surface area contributed by atoms with Crippen LogP contribution < -0.4 is 0 Å². The van der Waals surface area contributed by atoms with Crippen molar-refractivity contribution in [3.05, 3.63) is 64.5 Å². The van der Waals surface area contributed by atoms with Crippen LogP contribution >= 0.6 is 0 Å². The largest absolute Gasteiger partial charge is 0.450 e. The van der Waals surface area contributed by atoms with Gasteiger partial charge in [-0.2, -0.15) is 13.2 Å². The van der Waals surface area contributed by atoms with Crippen LogP contribution in [0.4, 0.5) is 22.4 Å². The number of fused-ring (bicyclic) bond motifs is 3. The van der Waals surface area contributed by atoms with E-state index in [1.165, 1.54) is 17.0 Å². The summed E-state index contributed by atoms with van der Waals surface area (Å²) in [6, 6.07) is 8.43. The monoisotopic (exact) mass is 571 g/mol. The number of Topliss-reactive ketones (excluding diaryl/α,β-unsaturated/α-hetero) is 1. The Morgan fingerprint density at radius 1 is 1.12 bits per heavy atom. The van der Waals surface area contributed by atoms with E-state index < -0.39 is 30.0 Å². The van der Waals surface area contributed by atoms with E-state index in [1.807, 2.05) is 16.7 Å². The summed E-state index contributed by atoms with van der Waals surface area (Å²) in [6.45, 7) is 2.63. The highest BCUT2D eigenvalue weighted by Crippen LogP contribution is 2.47. The zero-order chi connectivity index (χ0) is 28.9.